The van der Waals surface area contributed by atoms with Crippen molar-refractivity contribution in [1.29, 1.82) is 0 Å². The van der Waals surface area contributed by atoms with Gasteiger partial charge in [-0.05, 0) is 36.7 Å². The summed E-state index contributed by atoms with van der Waals surface area (Å²) < 4.78 is 5.26. The van der Waals surface area contributed by atoms with Crippen molar-refractivity contribution in [3.8, 4) is 0 Å². The van der Waals surface area contributed by atoms with Crippen LogP contribution in [-0.4, -0.2) is 48.1 Å². The van der Waals surface area contributed by atoms with Gasteiger partial charge in [-0.2, -0.15) is 0 Å². The van der Waals surface area contributed by atoms with Crippen molar-refractivity contribution in [3.63, 3.8) is 0 Å². The molecule has 3 atom stereocenters. The number of carbonyl (C=O) groups is 5. The molecule has 9 heteroatoms. The summed E-state index contributed by atoms with van der Waals surface area (Å²) in [6.45, 7) is 9.65. The van der Waals surface area contributed by atoms with E-state index in [1.165, 1.54) is 0 Å². The minimum atomic E-state index is -0.933. The Morgan fingerprint density at radius 2 is 1.36 bits per heavy atom. The van der Waals surface area contributed by atoms with Crippen molar-refractivity contribution in [2.24, 2.45) is 11.8 Å². The van der Waals surface area contributed by atoms with E-state index < -0.39 is 41.8 Å². The number of Topliss-reactive ketones (excluding diaryl/α,β-unsaturated/α-hetero) is 1. The molecule has 0 spiro atoms. The third-order valence-electron chi connectivity index (χ3n) is 5.49. The third-order valence-corrected chi connectivity index (χ3v) is 5.49. The molecular formula is C27H41N3O6. The van der Waals surface area contributed by atoms with Crippen molar-refractivity contribution in [2.45, 2.75) is 91.5 Å². The average Bonchev–Trinajstić information content (AvgIpc) is 2.83. The monoisotopic (exact) mass is 503 g/mol. The number of ketones is 1. The zero-order valence-electron chi connectivity index (χ0n) is 22.0. The molecular weight excluding hydrogens is 462 g/mol. The summed E-state index contributed by atoms with van der Waals surface area (Å²) in [6.07, 6.45) is 1.93. The van der Waals surface area contributed by atoms with Gasteiger partial charge in [-0.15, -0.1) is 0 Å². The standard InChI is InChI=1S/C27H41N3O6/c1-6-7-13-21(24(32)16-31)28-25(33)22(14-18(2)3)29-26(34)23(15-19(4)5)30-27(35)36-17-20-11-9-8-10-12-20/h8-12,16,18-19,21-23H,6-7,13-15,17H2,1-5H3,(H,28,33)(H,29,34)(H,30,35)/t21-,22-,23-/m0/s1. The molecule has 0 fully saturated rings. The average molecular weight is 504 g/mol. The van der Waals surface area contributed by atoms with Gasteiger partial charge in [0.15, 0.2) is 6.29 Å². The van der Waals surface area contributed by atoms with E-state index in [9.17, 15) is 24.0 Å². The summed E-state index contributed by atoms with van der Waals surface area (Å²) in [7, 11) is 0. The molecule has 36 heavy (non-hydrogen) atoms. The molecule has 3 N–H and O–H groups in total. The molecule has 0 heterocycles. The molecule has 1 rings (SSSR count). The molecule has 0 aliphatic carbocycles. The van der Waals surface area contributed by atoms with Crippen LogP contribution in [0.1, 0.15) is 72.3 Å². The normalized spacial score (nSPS) is 13.4. The van der Waals surface area contributed by atoms with Gasteiger partial charge in [0.2, 0.25) is 17.6 Å². The number of aldehydes is 1. The van der Waals surface area contributed by atoms with Crippen LogP contribution in [0.2, 0.25) is 0 Å². The van der Waals surface area contributed by atoms with Crippen LogP contribution in [0.5, 0.6) is 0 Å². The van der Waals surface area contributed by atoms with Crippen LogP contribution in [0.3, 0.4) is 0 Å². The Morgan fingerprint density at radius 3 is 1.86 bits per heavy atom. The summed E-state index contributed by atoms with van der Waals surface area (Å²) in [5.41, 5.74) is 0.814. The number of rotatable bonds is 16. The molecule has 0 bridgehead atoms. The van der Waals surface area contributed by atoms with Gasteiger partial charge in [0.05, 0.1) is 6.04 Å². The van der Waals surface area contributed by atoms with E-state index >= 15 is 0 Å². The molecule has 1 aromatic rings. The molecule has 0 saturated heterocycles. The summed E-state index contributed by atoms with van der Waals surface area (Å²) in [5.74, 6) is -1.62. The fourth-order valence-electron chi connectivity index (χ4n) is 3.63. The van der Waals surface area contributed by atoms with Crippen molar-refractivity contribution in [1.82, 2.24) is 16.0 Å². The SMILES string of the molecule is CCCC[C@H](NC(=O)[C@H](CC(C)C)NC(=O)[C@H](CC(C)C)NC(=O)OCc1ccccc1)C(=O)C=O. The van der Waals surface area contributed by atoms with Crippen molar-refractivity contribution >= 4 is 30.0 Å². The highest BCUT2D eigenvalue weighted by atomic mass is 16.5. The van der Waals surface area contributed by atoms with Crippen LogP contribution >= 0.6 is 0 Å². The Labute approximate surface area is 214 Å². The Bertz CT molecular complexity index is 856. The second-order valence-electron chi connectivity index (χ2n) is 9.80. The van der Waals surface area contributed by atoms with Crippen LogP contribution in [0.15, 0.2) is 30.3 Å². The summed E-state index contributed by atoms with van der Waals surface area (Å²) in [6, 6.07) is 6.40. The predicted octanol–water partition coefficient (Wildman–Crippen LogP) is 3.30. The lowest BCUT2D eigenvalue weighted by Gasteiger charge is -2.26. The zero-order chi connectivity index (χ0) is 27.1. The minimum Gasteiger partial charge on any atom is -0.445 e. The molecule has 200 valence electrons. The van der Waals surface area contributed by atoms with Crippen LogP contribution in [0.4, 0.5) is 4.79 Å². The first-order valence-corrected chi connectivity index (χ1v) is 12.6. The van der Waals surface area contributed by atoms with Crippen molar-refractivity contribution in [2.75, 3.05) is 0 Å². The molecule has 0 unspecified atom stereocenters. The Balaban J connectivity index is 2.90. The maximum absolute atomic E-state index is 13.1. The highest BCUT2D eigenvalue weighted by Gasteiger charge is 2.30. The number of nitrogens with one attached hydrogen (secondary N) is 3. The maximum atomic E-state index is 13.1. The van der Waals surface area contributed by atoms with Crippen molar-refractivity contribution < 1.29 is 28.7 Å². The maximum Gasteiger partial charge on any atom is 0.408 e. The second kappa shape index (κ2) is 16.4. The lowest BCUT2D eigenvalue weighted by Crippen LogP contribution is -2.56. The molecule has 0 aliphatic rings. The van der Waals surface area contributed by atoms with Crippen LogP contribution in [0, 0.1) is 11.8 Å². The van der Waals surface area contributed by atoms with Gasteiger partial charge in [-0.1, -0.05) is 77.8 Å². The van der Waals surface area contributed by atoms with E-state index in [2.05, 4.69) is 16.0 Å². The first-order valence-electron chi connectivity index (χ1n) is 12.6. The van der Waals surface area contributed by atoms with Gasteiger partial charge in [0, 0.05) is 0 Å². The zero-order valence-corrected chi connectivity index (χ0v) is 22.0. The van der Waals surface area contributed by atoms with Crippen LogP contribution in [0.25, 0.3) is 0 Å². The number of hydrogen-bond acceptors (Lipinski definition) is 6. The van der Waals surface area contributed by atoms with Gasteiger partial charge in [0.1, 0.15) is 18.7 Å². The number of unbranched alkanes of at least 4 members (excludes halogenated alkanes) is 1. The molecule has 0 saturated carbocycles. The summed E-state index contributed by atoms with van der Waals surface area (Å²) >= 11 is 0. The number of benzene rings is 1. The van der Waals surface area contributed by atoms with Crippen LogP contribution < -0.4 is 16.0 Å². The Morgan fingerprint density at radius 1 is 0.833 bits per heavy atom. The molecule has 9 nitrogen and oxygen atoms in total. The number of carbonyl (C=O) groups excluding carboxylic acids is 5. The lowest BCUT2D eigenvalue weighted by atomic mass is 9.99. The van der Waals surface area contributed by atoms with Gasteiger partial charge in [-0.25, -0.2) is 4.79 Å². The predicted molar refractivity (Wildman–Crippen MR) is 137 cm³/mol. The molecule has 1 aromatic carbocycles. The number of ether oxygens (including phenoxy) is 1. The first kappa shape index (κ1) is 30.8. The molecule has 3 amide bonds. The molecule has 0 radical (unpaired) electrons. The van der Waals surface area contributed by atoms with Gasteiger partial charge in [0.25, 0.3) is 0 Å². The Hall–Kier alpha value is -3.23. The smallest absolute Gasteiger partial charge is 0.408 e. The number of hydrogen-bond donors (Lipinski definition) is 3. The fourth-order valence-corrected chi connectivity index (χ4v) is 3.63. The van der Waals surface area contributed by atoms with Gasteiger partial charge in [-0.3, -0.25) is 19.2 Å². The molecule has 0 aromatic heterocycles. The van der Waals surface area contributed by atoms with Crippen LogP contribution in [-0.2, 0) is 30.5 Å². The topological polar surface area (TPSA) is 131 Å². The highest BCUT2D eigenvalue weighted by Crippen LogP contribution is 2.11. The highest BCUT2D eigenvalue weighted by molar-refractivity contribution is 6.28. The summed E-state index contributed by atoms with van der Waals surface area (Å²) in [5, 5.41) is 7.96. The van der Waals surface area contributed by atoms with E-state index in [-0.39, 0.29) is 24.7 Å². The Kier molecular flexibility index (Phi) is 14.1. The largest absolute Gasteiger partial charge is 0.445 e. The second-order valence-corrected chi connectivity index (χ2v) is 9.80. The fraction of sp³-hybridized carbons (Fsp3) is 0.593. The van der Waals surface area contributed by atoms with E-state index in [0.29, 0.717) is 25.7 Å². The first-order chi connectivity index (χ1) is 17.1. The van der Waals surface area contributed by atoms with E-state index in [4.69, 9.17) is 4.74 Å². The van der Waals surface area contributed by atoms with Gasteiger partial charge < -0.3 is 20.7 Å². The summed E-state index contributed by atoms with van der Waals surface area (Å²) in [4.78, 5) is 61.6. The quantitative estimate of drug-likeness (QED) is 0.234. The number of amides is 3. The van der Waals surface area contributed by atoms with Gasteiger partial charge >= 0.3 is 6.09 Å². The van der Waals surface area contributed by atoms with E-state index in [0.717, 1.165) is 12.0 Å². The van der Waals surface area contributed by atoms with Crippen molar-refractivity contribution in [3.05, 3.63) is 35.9 Å². The lowest BCUT2D eigenvalue weighted by molar-refractivity contribution is -0.135. The number of alkyl carbamates (subject to hydrolysis) is 1. The minimum absolute atomic E-state index is 0.0595. The van der Waals surface area contributed by atoms with E-state index in [1.807, 2.05) is 65.0 Å². The molecule has 0 aliphatic heterocycles. The van der Waals surface area contributed by atoms with E-state index in [1.54, 1.807) is 0 Å². The third kappa shape index (κ3) is 12.0.